The van der Waals surface area contributed by atoms with Gasteiger partial charge in [0.2, 0.25) is 0 Å². The van der Waals surface area contributed by atoms with E-state index in [4.69, 9.17) is 4.42 Å². The van der Waals surface area contributed by atoms with Gasteiger partial charge in [-0.05, 0) is 117 Å². The Bertz CT molecular complexity index is 3230. The first-order valence-electron chi connectivity index (χ1n) is 22.1. The largest absolute Gasteiger partial charge is 0.454 e. The van der Waals surface area contributed by atoms with Crippen LogP contribution in [-0.4, -0.2) is 7.28 Å². The van der Waals surface area contributed by atoms with Crippen LogP contribution in [0.5, 0.6) is 0 Å². The molecule has 0 fully saturated rings. The van der Waals surface area contributed by atoms with Crippen molar-refractivity contribution in [1.29, 1.82) is 0 Å². The fourth-order valence-electron chi connectivity index (χ4n) is 11.3. The lowest BCUT2D eigenvalue weighted by Crippen LogP contribution is -2.47. The summed E-state index contributed by atoms with van der Waals surface area (Å²) >= 11 is 0. The molecule has 299 valence electrons. The molecule has 3 nitrogen and oxygen atoms in total. The minimum Gasteiger partial charge on any atom is -0.454 e. The third-order valence-corrected chi connectivity index (χ3v) is 14.5. The van der Waals surface area contributed by atoms with Crippen LogP contribution in [0.15, 0.2) is 174 Å². The van der Waals surface area contributed by atoms with Crippen LogP contribution >= 0.6 is 0 Å². The van der Waals surface area contributed by atoms with Crippen LogP contribution in [0.25, 0.3) is 33.1 Å². The summed E-state index contributed by atoms with van der Waals surface area (Å²) in [5.41, 5.74) is 20.9. The Morgan fingerprint density at radius 3 is 2.00 bits per heavy atom. The minimum atomic E-state index is -0.527. The van der Waals surface area contributed by atoms with Gasteiger partial charge in [-0.2, -0.15) is 0 Å². The van der Waals surface area contributed by atoms with Gasteiger partial charge in [0.25, 0.3) is 0 Å². The van der Waals surface area contributed by atoms with E-state index in [1.54, 1.807) is 0 Å². The first-order valence-corrected chi connectivity index (χ1v) is 22.1. The second kappa shape index (κ2) is 13.4. The highest BCUT2D eigenvalue weighted by Crippen LogP contribution is 2.58. The van der Waals surface area contributed by atoms with Gasteiger partial charge < -0.3 is 14.6 Å². The van der Waals surface area contributed by atoms with Crippen molar-refractivity contribution in [3.8, 4) is 11.1 Å². The van der Waals surface area contributed by atoms with Gasteiger partial charge in [0.15, 0.2) is 12.9 Å². The van der Waals surface area contributed by atoms with Crippen molar-refractivity contribution in [2.45, 2.75) is 63.7 Å². The average molecular weight is 800 g/mol. The van der Waals surface area contributed by atoms with Gasteiger partial charge in [0.1, 0.15) is 5.58 Å². The van der Waals surface area contributed by atoms with Crippen LogP contribution in [0.1, 0.15) is 79.5 Å². The zero-order chi connectivity index (χ0) is 42.0. The number of anilines is 5. The number of benzene rings is 8. The van der Waals surface area contributed by atoms with Crippen LogP contribution in [-0.2, 0) is 16.2 Å². The van der Waals surface area contributed by atoms with E-state index < -0.39 is 5.41 Å². The standard InChI is InChI=1S/C58H48BN2O/c1-36-33-43(41-28-29-42-40-21-12-15-26-51(40)62-55(42)53(41)60-39-27-30-44-47(35-39)57(4,5)32-31-56(44,2)3)52-50(34-36)61-49-25-14-13-22-45(49)58(37-17-8-6-9-18-37,38-19-10-7-11-20-38)46-23-16-24-48(59-52)54(46)61/h6-30,33-35,60H,31-32H2,1-5H3. The fourth-order valence-corrected chi connectivity index (χ4v) is 11.3. The predicted octanol–water partition coefficient (Wildman–Crippen LogP) is 13.8. The van der Waals surface area contributed by atoms with Crippen LogP contribution in [0, 0.1) is 6.92 Å². The fraction of sp³-hybridized carbons (Fsp3) is 0.172. The summed E-state index contributed by atoms with van der Waals surface area (Å²) in [6, 6.07) is 62.9. The van der Waals surface area contributed by atoms with E-state index in [-0.39, 0.29) is 10.8 Å². The minimum absolute atomic E-state index is 0.0803. The molecule has 8 aromatic carbocycles. The zero-order valence-electron chi connectivity index (χ0n) is 36.0. The number of hydrogen-bond donors (Lipinski definition) is 1. The van der Waals surface area contributed by atoms with Crippen molar-refractivity contribution in [2.24, 2.45) is 0 Å². The van der Waals surface area contributed by atoms with Crippen molar-refractivity contribution in [2.75, 3.05) is 10.2 Å². The molecule has 12 rings (SSSR count). The molecule has 1 radical (unpaired) electrons. The SMILES string of the molecule is Cc1cc(-c2ccc3c(oc4ccccc43)c2Nc2ccc3c(c2)C(C)(C)CCC3(C)C)c2c(c1)N1c3ccccc3C(c3ccccc3)(c3ccccc3)c3cccc(c31)[B]2. The molecule has 1 aliphatic carbocycles. The van der Waals surface area contributed by atoms with Crippen molar-refractivity contribution in [3.63, 3.8) is 0 Å². The molecule has 3 aliphatic rings. The number of aryl methyl sites for hydroxylation is 1. The van der Waals surface area contributed by atoms with Crippen molar-refractivity contribution < 1.29 is 4.42 Å². The molecule has 4 heteroatoms. The van der Waals surface area contributed by atoms with E-state index in [1.165, 1.54) is 78.9 Å². The molecule has 1 aromatic heterocycles. The van der Waals surface area contributed by atoms with E-state index in [1.807, 2.05) is 0 Å². The number of hydrogen-bond acceptors (Lipinski definition) is 3. The lowest BCUT2D eigenvalue weighted by atomic mass is 9.54. The summed E-state index contributed by atoms with van der Waals surface area (Å²) in [5.74, 6) is 0. The van der Waals surface area contributed by atoms with Gasteiger partial charge in [0, 0.05) is 33.4 Å². The van der Waals surface area contributed by atoms with Crippen molar-refractivity contribution >= 4 is 68.6 Å². The van der Waals surface area contributed by atoms with Crippen molar-refractivity contribution in [3.05, 3.63) is 209 Å². The average Bonchev–Trinajstić information content (AvgIpc) is 3.68. The third-order valence-electron chi connectivity index (χ3n) is 14.5. The molecule has 0 amide bonds. The summed E-state index contributed by atoms with van der Waals surface area (Å²) in [7, 11) is 2.43. The Hall–Kier alpha value is -6.78. The van der Waals surface area contributed by atoms with Gasteiger partial charge >= 0.3 is 0 Å². The Labute approximate surface area is 365 Å². The number of nitrogens with zero attached hydrogens (tertiary/aromatic N) is 1. The predicted molar refractivity (Wildman–Crippen MR) is 260 cm³/mol. The highest BCUT2D eigenvalue weighted by atomic mass is 16.3. The maximum absolute atomic E-state index is 6.87. The van der Waals surface area contributed by atoms with Gasteiger partial charge in [-0.15, -0.1) is 0 Å². The molecule has 1 N–H and O–H groups in total. The molecule has 0 unspecified atom stereocenters. The van der Waals surface area contributed by atoms with E-state index in [0.29, 0.717) is 0 Å². The second-order valence-electron chi connectivity index (χ2n) is 19.1. The molecule has 0 bridgehead atoms. The first-order chi connectivity index (χ1) is 30.1. The van der Waals surface area contributed by atoms with E-state index in [9.17, 15) is 0 Å². The van der Waals surface area contributed by atoms with Gasteiger partial charge in [-0.25, -0.2) is 0 Å². The summed E-state index contributed by atoms with van der Waals surface area (Å²) in [6.45, 7) is 11.8. The number of furan rings is 1. The Morgan fingerprint density at radius 1 is 0.548 bits per heavy atom. The summed E-state index contributed by atoms with van der Waals surface area (Å²) in [6.07, 6.45) is 2.34. The third kappa shape index (κ3) is 5.25. The van der Waals surface area contributed by atoms with Crippen LogP contribution in [0.2, 0.25) is 0 Å². The lowest BCUT2D eigenvalue weighted by Gasteiger charge is -2.49. The van der Waals surface area contributed by atoms with Crippen LogP contribution in [0.4, 0.5) is 28.4 Å². The molecule has 0 spiro atoms. The molecular weight excluding hydrogens is 751 g/mol. The Kier molecular flexibility index (Phi) is 7.98. The normalized spacial score (nSPS) is 16.2. The van der Waals surface area contributed by atoms with Gasteiger partial charge in [0.05, 0.1) is 16.8 Å². The smallest absolute Gasteiger partial charge is 0.197 e. The Balaban J connectivity index is 1.10. The summed E-state index contributed by atoms with van der Waals surface area (Å²) in [4.78, 5) is 2.55. The summed E-state index contributed by atoms with van der Waals surface area (Å²) < 4.78 is 6.87. The van der Waals surface area contributed by atoms with Crippen molar-refractivity contribution in [1.82, 2.24) is 0 Å². The molecule has 62 heavy (non-hydrogen) atoms. The molecule has 3 heterocycles. The highest BCUT2D eigenvalue weighted by Gasteiger charge is 2.48. The quantitative estimate of drug-likeness (QED) is 0.176. The van der Waals surface area contributed by atoms with E-state index >= 15 is 0 Å². The molecule has 9 aromatic rings. The maximum Gasteiger partial charge on any atom is 0.197 e. The Morgan fingerprint density at radius 2 is 1.23 bits per heavy atom. The van der Waals surface area contributed by atoms with E-state index in [2.05, 4.69) is 222 Å². The number of fused-ring (bicyclic) bond motifs is 8. The molecule has 0 saturated heterocycles. The number of para-hydroxylation sites is 3. The zero-order valence-corrected chi connectivity index (χ0v) is 36.0. The molecular formula is C58H48BN2O. The maximum atomic E-state index is 6.87. The number of nitrogens with one attached hydrogen (secondary N) is 1. The molecule has 0 atom stereocenters. The lowest BCUT2D eigenvalue weighted by molar-refractivity contribution is 0.332. The molecule has 2 aliphatic heterocycles. The highest BCUT2D eigenvalue weighted by molar-refractivity contribution is 6.73. The van der Waals surface area contributed by atoms with Crippen LogP contribution < -0.4 is 21.1 Å². The monoisotopic (exact) mass is 799 g/mol. The molecule has 0 saturated carbocycles. The van der Waals surface area contributed by atoms with Crippen LogP contribution in [0.3, 0.4) is 0 Å². The number of rotatable bonds is 5. The van der Waals surface area contributed by atoms with Gasteiger partial charge in [-0.3, -0.25) is 0 Å². The first kappa shape index (κ1) is 37.0. The second-order valence-corrected chi connectivity index (χ2v) is 19.1. The van der Waals surface area contributed by atoms with E-state index in [0.717, 1.165) is 45.3 Å². The van der Waals surface area contributed by atoms with Gasteiger partial charge in [-0.1, -0.05) is 167 Å². The summed E-state index contributed by atoms with van der Waals surface area (Å²) in [5, 5.41) is 6.25. The topological polar surface area (TPSA) is 28.4 Å².